The predicted octanol–water partition coefficient (Wildman–Crippen LogP) is 5.48. The van der Waals surface area contributed by atoms with Gasteiger partial charge in [0, 0.05) is 61.4 Å². The molecule has 1 aliphatic rings. The van der Waals surface area contributed by atoms with Crippen molar-refractivity contribution >= 4 is 23.4 Å². The number of para-hydroxylation sites is 1. The fraction of sp³-hybridized carbons (Fsp3) is 0.464. The summed E-state index contributed by atoms with van der Waals surface area (Å²) in [5, 5.41) is 3.82. The molecule has 0 radical (unpaired) electrons. The maximum absolute atomic E-state index is 5.59. The molecule has 0 amide bonds. The van der Waals surface area contributed by atoms with Crippen LogP contribution < -0.4 is 15.0 Å². The zero-order chi connectivity index (χ0) is 25.9. The van der Waals surface area contributed by atoms with Gasteiger partial charge in [0.1, 0.15) is 23.7 Å². The molecule has 36 heavy (non-hydrogen) atoms. The van der Waals surface area contributed by atoms with Crippen LogP contribution in [-0.4, -0.2) is 73.0 Å². The second-order valence-electron chi connectivity index (χ2n) is 8.74. The summed E-state index contributed by atoms with van der Waals surface area (Å²) in [6.45, 7) is 11.2. The highest BCUT2D eigenvalue weighted by Crippen LogP contribution is 2.39. The quantitative estimate of drug-likeness (QED) is 0.408. The summed E-state index contributed by atoms with van der Waals surface area (Å²) < 4.78 is 5.59. The summed E-state index contributed by atoms with van der Waals surface area (Å²) in [7, 11) is 3.89. The standard InChI is InChI=1S/C26H34N6OS.C2H6/c1-19(26(34-4)21-7-5-6-8-23(21)33-3)16-27-24-15-22(29-18-30-24)20-9-10-25(28-17-20)32-13-11-31(2)12-14-32;1-2/h5-10,15,17-19,26H,11-14,16H2,1-4H3,(H,27,29,30);1-2H3/t19-,26?;/m1./s1. The summed E-state index contributed by atoms with van der Waals surface area (Å²) in [5.74, 6) is 3.15. The van der Waals surface area contributed by atoms with Gasteiger partial charge in [-0.25, -0.2) is 15.0 Å². The molecule has 0 bridgehead atoms. The van der Waals surface area contributed by atoms with E-state index in [1.54, 1.807) is 13.4 Å². The molecule has 7 nitrogen and oxygen atoms in total. The number of nitrogens with zero attached hydrogens (tertiary/aromatic N) is 5. The van der Waals surface area contributed by atoms with Crippen molar-refractivity contribution in [1.82, 2.24) is 19.9 Å². The number of benzene rings is 1. The Labute approximate surface area is 220 Å². The van der Waals surface area contributed by atoms with Crippen LogP contribution in [0.4, 0.5) is 11.6 Å². The molecule has 1 N–H and O–H groups in total. The third kappa shape index (κ3) is 7.11. The van der Waals surface area contributed by atoms with Gasteiger partial charge < -0.3 is 19.9 Å². The van der Waals surface area contributed by atoms with Crippen LogP contribution in [0, 0.1) is 5.92 Å². The van der Waals surface area contributed by atoms with Crippen molar-refractivity contribution in [2.45, 2.75) is 26.0 Å². The fourth-order valence-electron chi connectivity index (χ4n) is 4.31. The first-order valence-electron chi connectivity index (χ1n) is 12.7. The van der Waals surface area contributed by atoms with Crippen LogP contribution in [0.2, 0.25) is 0 Å². The molecule has 0 saturated carbocycles. The number of methoxy groups -OCH3 is 1. The minimum absolute atomic E-state index is 0.316. The van der Waals surface area contributed by atoms with Crippen LogP contribution in [0.25, 0.3) is 11.3 Å². The van der Waals surface area contributed by atoms with E-state index >= 15 is 0 Å². The Hall–Kier alpha value is -2.84. The van der Waals surface area contributed by atoms with Crippen LogP contribution in [-0.2, 0) is 0 Å². The number of anilines is 2. The second kappa shape index (κ2) is 14.0. The van der Waals surface area contributed by atoms with Crippen molar-refractivity contribution in [2.75, 3.05) is 63.4 Å². The Morgan fingerprint density at radius 1 is 1.03 bits per heavy atom. The lowest BCUT2D eigenvalue weighted by molar-refractivity contribution is 0.312. The van der Waals surface area contributed by atoms with E-state index in [-0.39, 0.29) is 0 Å². The lowest BCUT2D eigenvalue weighted by atomic mass is 9.99. The highest BCUT2D eigenvalue weighted by Gasteiger charge is 2.22. The van der Waals surface area contributed by atoms with Crippen molar-refractivity contribution in [3.05, 3.63) is 60.6 Å². The average Bonchev–Trinajstić information content (AvgIpc) is 2.94. The molecule has 0 aliphatic carbocycles. The lowest BCUT2D eigenvalue weighted by Crippen LogP contribution is -2.44. The SMILES string of the molecule is CC.COc1ccccc1C(SC)[C@H](C)CNc1cc(-c2ccc(N3CCN(C)CC3)nc2)ncn1. The third-order valence-electron chi connectivity index (χ3n) is 6.36. The molecule has 1 aromatic carbocycles. The molecule has 194 valence electrons. The van der Waals surface area contributed by atoms with E-state index in [2.05, 4.69) is 69.6 Å². The maximum Gasteiger partial charge on any atom is 0.129 e. The summed E-state index contributed by atoms with van der Waals surface area (Å²) in [6.07, 6.45) is 5.67. The summed E-state index contributed by atoms with van der Waals surface area (Å²) in [5.41, 5.74) is 3.09. The van der Waals surface area contributed by atoms with E-state index in [4.69, 9.17) is 9.72 Å². The van der Waals surface area contributed by atoms with E-state index in [0.717, 1.165) is 61.4 Å². The third-order valence-corrected chi connectivity index (χ3v) is 7.59. The molecule has 1 saturated heterocycles. The Morgan fingerprint density at radius 2 is 1.78 bits per heavy atom. The van der Waals surface area contributed by atoms with E-state index < -0.39 is 0 Å². The van der Waals surface area contributed by atoms with Gasteiger partial charge in [0.15, 0.2) is 0 Å². The zero-order valence-electron chi connectivity index (χ0n) is 22.4. The highest BCUT2D eigenvalue weighted by atomic mass is 32.2. The normalized spacial score (nSPS) is 15.4. The topological polar surface area (TPSA) is 66.4 Å². The van der Waals surface area contributed by atoms with E-state index in [9.17, 15) is 0 Å². The number of nitrogens with one attached hydrogen (secondary N) is 1. The van der Waals surface area contributed by atoms with Gasteiger partial charge in [-0.15, -0.1) is 0 Å². The molecular formula is C28H40N6OS. The first kappa shape index (κ1) is 27.7. The fourth-order valence-corrected chi connectivity index (χ4v) is 5.32. The monoisotopic (exact) mass is 508 g/mol. The number of piperazine rings is 1. The number of thioether (sulfide) groups is 1. The Balaban J connectivity index is 0.00000176. The average molecular weight is 509 g/mol. The van der Waals surface area contributed by atoms with Gasteiger partial charge in [0.2, 0.25) is 0 Å². The Bertz CT molecular complexity index is 1060. The van der Waals surface area contributed by atoms with E-state index in [0.29, 0.717) is 11.2 Å². The molecule has 2 atom stereocenters. The molecule has 1 fully saturated rings. The molecule has 3 aromatic rings. The van der Waals surface area contributed by atoms with Crippen molar-refractivity contribution in [3.63, 3.8) is 0 Å². The van der Waals surface area contributed by atoms with Crippen LogP contribution in [0.1, 0.15) is 31.6 Å². The lowest BCUT2D eigenvalue weighted by Gasteiger charge is -2.33. The summed E-state index contributed by atoms with van der Waals surface area (Å²) in [4.78, 5) is 18.3. The minimum atomic E-state index is 0.316. The first-order valence-corrected chi connectivity index (χ1v) is 14.0. The number of rotatable bonds is 9. The number of hydrogen-bond donors (Lipinski definition) is 1. The van der Waals surface area contributed by atoms with Crippen molar-refractivity contribution in [3.8, 4) is 17.0 Å². The van der Waals surface area contributed by atoms with Crippen molar-refractivity contribution < 1.29 is 4.74 Å². The van der Waals surface area contributed by atoms with Gasteiger partial charge in [-0.1, -0.05) is 39.0 Å². The zero-order valence-corrected chi connectivity index (χ0v) is 23.3. The minimum Gasteiger partial charge on any atom is -0.496 e. The van der Waals surface area contributed by atoms with Gasteiger partial charge in [0.05, 0.1) is 12.8 Å². The molecular weight excluding hydrogens is 468 g/mol. The van der Waals surface area contributed by atoms with Crippen LogP contribution in [0.5, 0.6) is 5.75 Å². The predicted molar refractivity (Wildman–Crippen MR) is 153 cm³/mol. The molecule has 0 spiro atoms. The van der Waals surface area contributed by atoms with Crippen LogP contribution in [0.15, 0.2) is 55.0 Å². The van der Waals surface area contributed by atoms with E-state index in [1.807, 2.05) is 50.0 Å². The van der Waals surface area contributed by atoms with Crippen molar-refractivity contribution in [2.24, 2.45) is 5.92 Å². The van der Waals surface area contributed by atoms with Gasteiger partial charge >= 0.3 is 0 Å². The second-order valence-corrected chi connectivity index (χ2v) is 9.72. The molecule has 8 heteroatoms. The summed E-state index contributed by atoms with van der Waals surface area (Å²) in [6, 6.07) is 14.4. The Kier molecular flexibility index (Phi) is 10.8. The first-order chi connectivity index (χ1) is 17.6. The van der Waals surface area contributed by atoms with Gasteiger partial charge in [-0.2, -0.15) is 11.8 Å². The maximum atomic E-state index is 5.59. The summed E-state index contributed by atoms with van der Waals surface area (Å²) >= 11 is 1.84. The molecule has 4 rings (SSSR count). The van der Waals surface area contributed by atoms with Crippen LogP contribution >= 0.6 is 11.8 Å². The molecule has 3 heterocycles. The number of hydrogen-bond acceptors (Lipinski definition) is 8. The Morgan fingerprint density at radius 3 is 2.44 bits per heavy atom. The van der Waals surface area contributed by atoms with Gasteiger partial charge in [-0.05, 0) is 37.4 Å². The van der Waals surface area contributed by atoms with Gasteiger partial charge in [0.25, 0.3) is 0 Å². The smallest absolute Gasteiger partial charge is 0.129 e. The number of ether oxygens (including phenoxy) is 1. The van der Waals surface area contributed by atoms with Gasteiger partial charge in [-0.3, -0.25) is 0 Å². The number of pyridine rings is 1. The van der Waals surface area contributed by atoms with Crippen molar-refractivity contribution in [1.29, 1.82) is 0 Å². The van der Waals surface area contributed by atoms with Crippen LogP contribution in [0.3, 0.4) is 0 Å². The van der Waals surface area contributed by atoms with E-state index in [1.165, 1.54) is 5.56 Å². The number of likely N-dealkylation sites (N-methyl/N-ethyl adjacent to an activating group) is 1. The largest absolute Gasteiger partial charge is 0.496 e. The highest BCUT2D eigenvalue weighted by molar-refractivity contribution is 7.98. The molecule has 1 aliphatic heterocycles. The molecule has 1 unspecified atom stereocenters. The number of aromatic nitrogens is 3. The molecule has 2 aromatic heterocycles.